The van der Waals surface area contributed by atoms with Crippen LogP contribution in [-0.4, -0.2) is 28.8 Å². The number of hydrogen-bond donors (Lipinski definition) is 2. The molecule has 0 radical (unpaired) electrons. The molecule has 1 amide bonds. The highest BCUT2D eigenvalue weighted by Crippen LogP contribution is 2.26. The van der Waals surface area contributed by atoms with Crippen LogP contribution in [0.2, 0.25) is 0 Å². The number of hydrogen-bond acceptors (Lipinski definition) is 3. The Morgan fingerprint density at radius 3 is 2.57 bits per heavy atom. The van der Waals surface area contributed by atoms with Crippen LogP contribution in [-0.2, 0) is 7.05 Å². The van der Waals surface area contributed by atoms with Crippen LogP contribution < -0.4 is 11.1 Å². The van der Waals surface area contributed by atoms with E-state index in [1.54, 1.807) is 23.9 Å². The average molecular weight is 291 g/mol. The molecule has 1 aromatic rings. The lowest BCUT2D eigenvalue weighted by Crippen LogP contribution is -2.46. The molecule has 1 atom stereocenters. The third kappa shape index (κ3) is 3.73. The van der Waals surface area contributed by atoms with Crippen LogP contribution in [0.3, 0.4) is 0 Å². The van der Waals surface area contributed by atoms with Gasteiger partial charge in [-0.2, -0.15) is 0 Å². The van der Waals surface area contributed by atoms with Crippen molar-refractivity contribution in [2.45, 2.75) is 45.1 Å². The summed E-state index contributed by atoms with van der Waals surface area (Å²) in [7, 11) is 1.78. The van der Waals surface area contributed by atoms with Gasteiger partial charge in [0.2, 0.25) is 0 Å². The first kappa shape index (κ1) is 15.8. The predicted molar refractivity (Wildman–Crippen MR) is 82.3 cm³/mol. The Morgan fingerprint density at radius 1 is 1.38 bits per heavy atom. The molecule has 0 spiro atoms. The molecule has 0 aliphatic heterocycles. The van der Waals surface area contributed by atoms with E-state index in [1.807, 2.05) is 0 Å². The fourth-order valence-corrected chi connectivity index (χ4v) is 3.13. The van der Waals surface area contributed by atoms with Crippen molar-refractivity contribution >= 4 is 11.7 Å². The van der Waals surface area contributed by atoms with Crippen molar-refractivity contribution in [3.05, 3.63) is 23.5 Å². The van der Waals surface area contributed by atoms with E-state index in [1.165, 1.54) is 26.2 Å². The smallest absolute Gasteiger partial charge is 0.268 e. The van der Waals surface area contributed by atoms with Crippen molar-refractivity contribution in [1.82, 2.24) is 9.88 Å². The summed E-state index contributed by atoms with van der Waals surface area (Å²) in [6.07, 6.45) is 7.67. The number of rotatable bonds is 5. The number of carbonyl (C=O) groups excluding carboxylic acids is 2. The minimum Gasteiger partial charge on any atom is -0.346 e. The van der Waals surface area contributed by atoms with Crippen molar-refractivity contribution in [3.8, 4) is 0 Å². The molecular formula is C16H25N3O2. The molecule has 1 fully saturated rings. The van der Waals surface area contributed by atoms with Gasteiger partial charge in [0.15, 0.2) is 5.78 Å². The number of Topliss-reactive ketones (excluding diaryl/α,β-unsaturated/α-hetero) is 1. The van der Waals surface area contributed by atoms with Gasteiger partial charge in [0, 0.05) is 31.4 Å². The zero-order chi connectivity index (χ0) is 15.4. The lowest BCUT2D eigenvalue weighted by Gasteiger charge is -2.30. The Hall–Kier alpha value is -1.62. The number of nitrogens with two attached hydrogens (primary N) is 1. The van der Waals surface area contributed by atoms with Crippen LogP contribution in [0.15, 0.2) is 12.3 Å². The van der Waals surface area contributed by atoms with Gasteiger partial charge in [-0.25, -0.2) is 0 Å². The monoisotopic (exact) mass is 291 g/mol. The minimum absolute atomic E-state index is 0.0217. The molecule has 0 aromatic carbocycles. The maximum atomic E-state index is 12.4. The van der Waals surface area contributed by atoms with Gasteiger partial charge in [-0.1, -0.05) is 19.3 Å². The van der Waals surface area contributed by atoms with Crippen molar-refractivity contribution in [2.75, 3.05) is 6.54 Å². The normalized spacial score (nSPS) is 17.5. The van der Waals surface area contributed by atoms with Gasteiger partial charge in [0.05, 0.1) is 0 Å². The Labute approximate surface area is 125 Å². The van der Waals surface area contributed by atoms with Crippen LogP contribution in [0.5, 0.6) is 0 Å². The Morgan fingerprint density at radius 2 is 2.05 bits per heavy atom. The number of nitrogens with one attached hydrogen (secondary N) is 1. The van der Waals surface area contributed by atoms with Gasteiger partial charge in [0.25, 0.3) is 5.91 Å². The summed E-state index contributed by atoms with van der Waals surface area (Å²) in [6.45, 7) is 1.96. The number of carbonyl (C=O) groups is 2. The van der Waals surface area contributed by atoms with Gasteiger partial charge in [0.1, 0.15) is 5.69 Å². The van der Waals surface area contributed by atoms with E-state index in [-0.39, 0.29) is 17.7 Å². The van der Waals surface area contributed by atoms with Crippen LogP contribution in [0.4, 0.5) is 0 Å². The van der Waals surface area contributed by atoms with E-state index >= 15 is 0 Å². The van der Waals surface area contributed by atoms with Crippen molar-refractivity contribution < 1.29 is 9.59 Å². The molecule has 21 heavy (non-hydrogen) atoms. The number of ketones is 1. The van der Waals surface area contributed by atoms with Crippen LogP contribution in [0, 0.1) is 5.92 Å². The Bertz CT molecular complexity index is 516. The van der Waals surface area contributed by atoms with Gasteiger partial charge in [-0.3, -0.25) is 9.59 Å². The molecule has 0 saturated heterocycles. The van der Waals surface area contributed by atoms with E-state index in [9.17, 15) is 9.59 Å². The minimum atomic E-state index is -0.147. The summed E-state index contributed by atoms with van der Waals surface area (Å²) in [5.41, 5.74) is 6.91. The quantitative estimate of drug-likeness (QED) is 0.813. The summed E-state index contributed by atoms with van der Waals surface area (Å²) in [6, 6.07) is 1.67. The van der Waals surface area contributed by atoms with E-state index in [4.69, 9.17) is 5.73 Å². The highest BCUT2D eigenvalue weighted by atomic mass is 16.2. The first-order valence-corrected chi connectivity index (χ1v) is 7.71. The zero-order valence-corrected chi connectivity index (χ0v) is 12.9. The van der Waals surface area contributed by atoms with Gasteiger partial charge < -0.3 is 15.6 Å². The molecule has 1 aromatic heterocycles. The maximum Gasteiger partial charge on any atom is 0.268 e. The fourth-order valence-electron chi connectivity index (χ4n) is 3.13. The second-order valence-electron chi connectivity index (χ2n) is 5.99. The molecule has 1 heterocycles. The molecule has 1 unspecified atom stereocenters. The number of aromatic nitrogens is 1. The Balaban J connectivity index is 2.06. The molecule has 1 aliphatic rings. The van der Waals surface area contributed by atoms with Crippen LogP contribution in [0.1, 0.15) is 59.9 Å². The summed E-state index contributed by atoms with van der Waals surface area (Å²) >= 11 is 0. The van der Waals surface area contributed by atoms with E-state index < -0.39 is 0 Å². The highest BCUT2D eigenvalue weighted by Gasteiger charge is 2.25. The third-order valence-electron chi connectivity index (χ3n) is 4.43. The van der Waals surface area contributed by atoms with Crippen molar-refractivity contribution in [3.63, 3.8) is 0 Å². The highest BCUT2D eigenvalue weighted by molar-refractivity contribution is 5.99. The van der Waals surface area contributed by atoms with Gasteiger partial charge in [-0.15, -0.1) is 0 Å². The van der Waals surface area contributed by atoms with Crippen LogP contribution in [0.25, 0.3) is 0 Å². The molecule has 5 nitrogen and oxygen atoms in total. The SMILES string of the molecule is CC(=O)c1cc(C(=O)NC(CN)C2CCCCC2)n(C)c1. The topological polar surface area (TPSA) is 77.1 Å². The molecule has 3 N–H and O–H groups in total. The predicted octanol–water partition coefficient (Wildman–Crippen LogP) is 1.87. The molecule has 1 saturated carbocycles. The second-order valence-corrected chi connectivity index (χ2v) is 5.99. The molecular weight excluding hydrogens is 266 g/mol. The van der Waals surface area contributed by atoms with Gasteiger partial charge in [-0.05, 0) is 31.7 Å². The van der Waals surface area contributed by atoms with E-state index in [2.05, 4.69) is 5.32 Å². The lowest BCUT2D eigenvalue weighted by molar-refractivity contribution is 0.0907. The molecule has 116 valence electrons. The summed E-state index contributed by atoms with van der Waals surface area (Å²) < 4.78 is 1.69. The van der Waals surface area contributed by atoms with E-state index in [0.29, 0.717) is 23.7 Å². The first-order valence-electron chi connectivity index (χ1n) is 7.71. The largest absolute Gasteiger partial charge is 0.346 e. The molecule has 1 aliphatic carbocycles. The second kappa shape index (κ2) is 6.89. The molecule has 5 heteroatoms. The van der Waals surface area contributed by atoms with Crippen LogP contribution >= 0.6 is 0 Å². The van der Waals surface area contributed by atoms with Crippen molar-refractivity contribution in [2.24, 2.45) is 18.7 Å². The zero-order valence-electron chi connectivity index (χ0n) is 12.9. The van der Waals surface area contributed by atoms with Gasteiger partial charge >= 0.3 is 0 Å². The number of aryl methyl sites for hydroxylation is 1. The lowest BCUT2D eigenvalue weighted by atomic mass is 9.84. The number of amides is 1. The van der Waals surface area contributed by atoms with E-state index in [0.717, 1.165) is 12.8 Å². The molecule has 0 bridgehead atoms. The summed E-state index contributed by atoms with van der Waals surface area (Å²) in [4.78, 5) is 23.8. The maximum absolute atomic E-state index is 12.4. The fraction of sp³-hybridized carbons (Fsp3) is 0.625. The molecule has 2 rings (SSSR count). The Kier molecular flexibility index (Phi) is 5.17. The average Bonchev–Trinajstić information content (AvgIpc) is 2.88. The summed E-state index contributed by atoms with van der Waals surface area (Å²) in [5, 5.41) is 3.05. The first-order chi connectivity index (χ1) is 10.0. The third-order valence-corrected chi connectivity index (χ3v) is 4.43. The standard InChI is InChI=1S/C16H25N3O2/c1-11(20)13-8-15(19(2)10-13)16(21)18-14(9-17)12-6-4-3-5-7-12/h8,10,12,14H,3-7,9,17H2,1-2H3,(H,18,21). The van der Waals surface area contributed by atoms with Crippen molar-refractivity contribution in [1.29, 1.82) is 0 Å². The number of nitrogens with zero attached hydrogens (tertiary/aromatic N) is 1. The summed E-state index contributed by atoms with van der Waals surface area (Å²) in [5.74, 6) is 0.290.